The fourth-order valence-corrected chi connectivity index (χ4v) is 0.176. The second-order valence-corrected chi connectivity index (χ2v) is 1.47. The van der Waals surface area contributed by atoms with Crippen LogP contribution in [0.1, 0.15) is 0 Å². The van der Waals surface area contributed by atoms with E-state index in [0.717, 1.165) is 0 Å². The van der Waals surface area contributed by atoms with Gasteiger partial charge < -0.3 is 24.2 Å². The smallest absolute Gasteiger partial charge is 0.781 e. The van der Waals surface area contributed by atoms with Crippen molar-refractivity contribution in [3.05, 3.63) is 18.9 Å². The monoisotopic (exact) mass is 191 g/mol. The molecule has 11 heavy (non-hydrogen) atoms. The first-order chi connectivity index (χ1) is 4.23. The maximum atomic E-state index is 8.63. The van der Waals surface area contributed by atoms with Crippen molar-refractivity contribution < 1.29 is 53.8 Å². The first-order valence-corrected chi connectivity index (χ1v) is 3.22. The van der Waals surface area contributed by atoms with Crippen molar-refractivity contribution in [3.8, 4) is 0 Å². The van der Waals surface area contributed by atoms with E-state index in [1.807, 2.05) is 0 Å². The third-order valence-corrected chi connectivity index (χ3v) is 0.347. The Morgan fingerprint density at radius 1 is 1.64 bits per heavy atom. The van der Waals surface area contributed by atoms with Crippen LogP contribution >= 0.6 is 8.25 Å². The fourth-order valence-electron chi connectivity index (χ4n) is 0.176. The van der Waals surface area contributed by atoms with Gasteiger partial charge in [-0.1, -0.05) is 0 Å². The molecule has 1 aromatic heterocycles. The van der Waals surface area contributed by atoms with Crippen LogP contribution in [0.4, 0.5) is 0 Å². The molecule has 3 N–H and O–H groups in total. The molecule has 0 radical (unpaired) electrons. The van der Waals surface area contributed by atoms with Crippen LogP contribution in [-0.4, -0.2) is 15.4 Å². The molecule has 0 bridgehead atoms. The predicted molar refractivity (Wildman–Crippen MR) is 31.3 cm³/mol. The van der Waals surface area contributed by atoms with Crippen LogP contribution in [0.2, 0.25) is 0 Å². The van der Waals surface area contributed by atoms with Crippen molar-refractivity contribution in [3.63, 3.8) is 0 Å². The van der Waals surface area contributed by atoms with Crippen LogP contribution in [0.25, 0.3) is 0 Å². The van der Waals surface area contributed by atoms with E-state index < -0.39 is 8.25 Å². The third-order valence-electron chi connectivity index (χ3n) is 0.347. The van der Waals surface area contributed by atoms with Gasteiger partial charge in [0.25, 0.3) is 0 Å². The summed E-state index contributed by atoms with van der Waals surface area (Å²) in [5.41, 5.74) is 0. The number of aromatic nitrogens is 1. The number of hydrogen-bond donors (Lipinski definition) is 1. The molecule has 1 atom stereocenters. The molecule has 0 saturated carbocycles. The van der Waals surface area contributed by atoms with Crippen LogP contribution in [0, 0.1) is 0 Å². The maximum Gasteiger partial charge on any atom is 1.00 e. The van der Waals surface area contributed by atoms with Gasteiger partial charge in [0, 0.05) is 0 Å². The molecule has 0 spiro atoms. The minimum absolute atomic E-state index is 0. The summed E-state index contributed by atoms with van der Waals surface area (Å²) >= 11 is 0. The van der Waals surface area contributed by atoms with E-state index in [0.29, 0.717) is 0 Å². The number of hydrogen-bond acceptors (Lipinski definition) is 4. The number of oxazole rings is 1. The Balaban J connectivity index is -0.000000101. The summed E-state index contributed by atoms with van der Waals surface area (Å²) in [6.07, 6.45) is 4.47. The molecule has 8 heteroatoms. The van der Waals surface area contributed by atoms with Gasteiger partial charge in [-0.15, -0.1) is 0 Å². The summed E-state index contributed by atoms with van der Waals surface area (Å²) in [7, 11) is -3.38. The molecule has 60 valence electrons. The standard InChI is InChI=1S/C3H3NO.Na.H3O3P.H2O/c1-2-5-3-4-1;;1-4(2)3;/h1-3H;;4H,(H2,1,2,3);1H2/q;+1;;/p-1. The summed E-state index contributed by atoms with van der Waals surface area (Å²) in [5.74, 6) is 0. The molecule has 1 unspecified atom stereocenters. The third kappa shape index (κ3) is 25.2. The molecule has 0 aliphatic heterocycles. The average Bonchev–Trinajstić information content (AvgIpc) is 2.11. The molecule has 0 aromatic carbocycles. The molecule has 1 rings (SSSR count). The molecule has 0 saturated heterocycles. The zero-order chi connectivity index (χ0) is 7.11. The molecule has 0 fully saturated rings. The van der Waals surface area contributed by atoms with Gasteiger partial charge in [0.15, 0.2) is 6.39 Å². The van der Waals surface area contributed by atoms with Crippen LogP contribution in [0.5, 0.6) is 0 Å². The van der Waals surface area contributed by atoms with Crippen molar-refractivity contribution in [1.82, 2.24) is 4.98 Å². The summed E-state index contributed by atoms with van der Waals surface area (Å²) in [5, 5.41) is 0. The largest absolute Gasteiger partial charge is 1.00 e. The van der Waals surface area contributed by atoms with E-state index in [4.69, 9.17) is 14.4 Å². The van der Waals surface area contributed by atoms with Crippen molar-refractivity contribution in [2.75, 3.05) is 0 Å². The Labute approximate surface area is 85.8 Å². The second kappa shape index (κ2) is 12.9. The van der Waals surface area contributed by atoms with Gasteiger partial charge in [-0.2, -0.15) is 0 Å². The van der Waals surface area contributed by atoms with E-state index in [9.17, 15) is 0 Å². The molecule has 1 aromatic rings. The van der Waals surface area contributed by atoms with Crippen LogP contribution in [-0.2, 0) is 4.57 Å². The fraction of sp³-hybridized carbons (Fsp3) is 0. The van der Waals surface area contributed by atoms with Crippen molar-refractivity contribution in [2.24, 2.45) is 0 Å². The van der Waals surface area contributed by atoms with E-state index in [1.54, 1.807) is 6.20 Å². The van der Waals surface area contributed by atoms with Crippen LogP contribution in [0.15, 0.2) is 23.3 Å². The Bertz CT molecular complexity index is 136. The SMILES string of the molecule is O.O=[PH]([O-])O.[Na+].c1cocn1. The normalized spacial score (nSPS) is 9.27. The molecule has 1 heterocycles. The van der Waals surface area contributed by atoms with E-state index >= 15 is 0 Å². The first kappa shape index (κ1) is 17.4. The summed E-state index contributed by atoms with van der Waals surface area (Å²) in [4.78, 5) is 19.2. The molecule has 0 aliphatic rings. The van der Waals surface area contributed by atoms with Gasteiger partial charge >= 0.3 is 29.6 Å². The maximum absolute atomic E-state index is 8.63. The van der Waals surface area contributed by atoms with Gasteiger partial charge in [0.05, 0.1) is 6.20 Å². The molecular weight excluding hydrogens is 184 g/mol. The van der Waals surface area contributed by atoms with E-state index in [-0.39, 0.29) is 35.0 Å². The Morgan fingerprint density at radius 2 is 2.09 bits per heavy atom. The zero-order valence-electron chi connectivity index (χ0n) is 5.85. The summed E-state index contributed by atoms with van der Waals surface area (Å²) in [6, 6.07) is 0. The number of nitrogens with zero attached hydrogens (tertiary/aromatic N) is 1. The van der Waals surface area contributed by atoms with Crippen molar-refractivity contribution in [2.45, 2.75) is 0 Å². The number of rotatable bonds is 0. The predicted octanol–water partition coefficient (Wildman–Crippen LogP) is -4.42. The topological polar surface area (TPSA) is 118 Å². The quantitative estimate of drug-likeness (QED) is 0.328. The van der Waals surface area contributed by atoms with Crippen molar-refractivity contribution >= 4 is 8.25 Å². The van der Waals surface area contributed by atoms with Crippen LogP contribution < -0.4 is 34.5 Å². The Kier molecular flexibility index (Phi) is 20.5. The van der Waals surface area contributed by atoms with E-state index in [2.05, 4.69) is 9.40 Å². The van der Waals surface area contributed by atoms with Gasteiger partial charge in [0.2, 0.25) is 0 Å². The molecular formula is C3H7NNaO5P. The van der Waals surface area contributed by atoms with Gasteiger partial charge in [0.1, 0.15) is 14.5 Å². The average molecular weight is 191 g/mol. The van der Waals surface area contributed by atoms with Crippen molar-refractivity contribution in [1.29, 1.82) is 0 Å². The summed E-state index contributed by atoms with van der Waals surface area (Å²) < 4.78 is 13.1. The van der Waals surface area contributed by atoms with Crippen LogP contribution in [0.3, 0.4) is 0 Å². The van der Waals surface area contributed by atoms with Gasteiger partial charge in [-0.05, 0) is 0 Å². The molecule has 6 nitrogen and oxygen atoms in total. The zero-order valence-corrected chi connectivity index (χ0v) is 8.85. The Morgan fingerprint density at radius 3 is 2.18 bits per heavy atom. The minimum Gasteiger partial charge on any atom is -0.781 e. The molecule has 0 amide bonds. The van der Waals surface area contributed by atoms with E-state index in [1.165, 1.54) is 12.7 Å². The molecule has 0 aliphatic carbocycles. The first-order valence-electron chi connectivity index (χ1n) is 1.95. The second-order valence-electron chi connectivity index (χ2n) is 0.942. The summed E-state index contributed by atoms with van der Waals surface area (Å²) in [6.45, 7) is 0. The minimum atomic E-state index is -3.38. The van der Waals surface area contributed by atoms with Gasteiger partial charge in [-0.25, -0.2) is 4.98 Å². The van der Waals surface area contributed by atoms with Gasteiger partial charge in [-0.3, -0.25) is 0 Å². The Hall–Kier alpha value is 0.320.